The van der Waals surface area contributed by atoms with Crippen LogP contribution >= 0.6 is 0 Å². The number of H-pyrrole nitrogens is 1. The molecule has 6 nitrogen and oxygen atoms in total. The van der Waals surface area contributed by atoms with Crippen LogP contribution in [0.5, 0.6) is 0 Å². The van der Waals surface area contributed by atoms with E-state index in [9.17, 15) is 14.0 Å². The van der Waals surface area contributed by atoms with Gasteiger partial charge in [0.25, 0.3) is 5.56 Å². The standard InChI is InChI=1S/C18H20FN3O3/c1-25-11-16(13-2-4-14(19)5-3-13)21-18(24)22-9-7-12-6-8-20-17(23)15(12)10-22/h2-6,8,16H,7,9-11H2,1H3,(H,20,23)(H,21,24)/t16-/m0/s1. The zero-order valence-corrected chi connectivity index (χ0v) is 13.9. The fourth-order valence-corrected chi connectivity index (χ4v) is 2.98. The average molecular weight is 345 g/mol. The number of nitrogens with zero attached hydrogens (tertiary/aromatic N) is 1. The predicted molar refractivity (Wildman–Crippen MR) is 90.7 cm³/mol. The van der Waals surface area contributed by atoms with Crippen molar-refractivity contribution < 1.29 is 13.9 Å². The van der Waals surface area contributed by atoms with Gasteiger partial charge in [-0.25, -0.2) is 9.18 Å². The Hall–Kier alpha value is -2.67. The first-order valence-corrected chi connectivity index (χ1v) is 8.07. The molecular formula is C18H20FN3O3. The number of halogens is 1. The molecule has 132 valence electrons. The number of urea groups is 1. The molecule has 3 rings (SSSR count). The molecule has 1 aromatic heterocycles. The predicted octanol–water partition coefficient (Wildman–Crippen LogP) is 1.97. The fraction of sp³-hybridized carbons (Fsp3) is 0.333. The van der Waals surface area contributed by atoms with E-state index in [2.05, 4.69) is 10.3 Å². The summed E-state index contributed by atoms with van der Waals surface area (Å²) in [6.07, 6.45) is 2.26. The third-order valence-electron chi connectivity index (χ3n) is 4.35. The van der Waals surface area contributed by atoms with Gasteiger partial charge >= 0.3 is 6.03 Å². The van der Waals surface area contributed by atoms with Crippen LogP contribution in [0, 0.1) is 5.82 Å². The van der Waals surface area contributed by atoms with Crippen LogP contribution in [-0.4, -0.2) is 36.2 Å². The summed E-state index contributed by atoms with van der Waals surface area (Å²) in [5.74, 6) is -0.335. The van der Waals surface area contributed by atoms with E-state index in [-0.39, 0.29) is 30.6 Å². The van der Waals surface area contributed by atoms with Gasteiger partial charge in [-0.15, -0.1) is 0 Å². The van der Waals surface area contributed by atoms with Gasteiger partial charge in [0.1, 0.15) is 5.82 Å². The summed E-state index contributed by atoms with van der Waals surface area (Å²) < 4.78 is 18.3. The summed E-state index contributed by atoms with van der Waals surface area (Å²) in [5, 5.41) is 2.90. The van der Waals surface area contributed by atoms with Crippen molar-refractivity contribution in [2.45, 2.75) is 19.0 Å². The highest BCUT2D eigenvalue weighted by Gasteiger charge is 2.24. The molecule has 1 aliphatic heterocycles. The van der Waals surface area contributed by atoms with E-state index in [0.29, 0.717) is 18.5 Å². The molecule has 1 atom stereocenters. The number of methoxy groups -OCH3 is 1. The second-order valence-electron chi connectivity index (χ2n) is 5.99. The summed E-state index contributed by atoms with van der Waals surface area (Å²) in [6, 6.07) is 7.14. The summed E-state index contributed by atoms with van der Waals surface area (Å²) in [7, 11) is 1.54. The highest BCUT2D eigenvalue weighted by molar-refractivity contribution is 5.75. The van der Waals surface area contributed by atoms with Gasteiger partial charge in [-0.05, 0) is 35.7 Å². The molecule has 25 heavy (non-hydrogen) atoms. The number of ether oxygens (including phenoxy) is 1. The van der Waals surface area contributed by atoms with Crippen LogP contribution < -0.4 is 10.9 Å². The number of nitrogens with one attached hydrogen (secondary N) is 2. The van der Waals surface area contributed by atoms with E-state index in [1.807, 2.05) is 6.07 Å². The molecule has 2 aromatic rings. The van der Waals surface area contributed by atoms with E-state index >= 15 is 0 Å². The normalized spacial score (nSPS) is 14.7. The maximum absolute atomic E-state index is 13.1. The van der Waals surface area contributed by atoms with E-state index < -0.39 is 6.04 Å². The lowest BCUT2D eigenvalue weighted by atomic mass is 10.0. The van der Waals surface area contributed by atoms with E-state index in [1.54, 1.807) is 30.3 Å². The molecule has 0 bridgehead atoms. The fourth-order valence-electron chi connectivity index (χ4n) is 2.98. The van der Waals surface area contributed by atoms with Crippen LogP contribution in [0.15, 0.2) is 41.3 Å². The average Bonchev–Trinajstić information content (AvgIpc) is 2.62. The molecule has 2 heterocycles. The first-order chi connectivity index (χ1) is 12.1. The number of benzene rings is 1. The van der Waals surface area contributed by atoms with Crippen LogP contribution in [0.25, 0.3) is 0 Å². The van der Waals surface area contributed by atoms with Crippen LogP contribution in [0.2, 0.25) is 0 Å². The third kappa shape index (κ3) is 3.88. The van der Waals surface area contributed by atoms with Gasteiger partial charge in [-0.3, -0.25) is 4.79 Å². The van der Waals surface area contributed by atoms with E-state index in [4.69, 9.17) is 4.74 Å². The Balaban J connectivity index is 1.73. The largest absolute Gasteiger partial charge is 0.382 e. The number of pyridine rings is 1. The SMILES string of the molecule is COC[C@H](NC(=O)N1CCc2cc[nH]c(=O)c2C1)c1ccc(F)cc1. The monoisotopic (exact) mass is 345 g/mol. The van der Waals surface area contributed by atoms with Crippen molar-refractivity contribution >= 4 is 6.03 Å². The molecule has 0 unspecified atom stereocenters. The molecule has 0 fully saturated rings. The Kier molecular flexibility index (Phi) is 5.14. The quantitative estimate of drug-likeness (QED) is 0.890. The van der Waals surface area contributed by atoms with Gasteiger partial charge in [-0.1, -0.05) is 12.1 Å². The van der Waals surface area contributed by atoms with Crippen LogP contribution in [-0.2, 0) is 17.7 Å². The Labute approximate surface area is 144 Å². The number of rotatable bonds is 4. The molecule has 0 radical (unpaired) electrons. The number of carbonyl (C=O) groups is 1. The zero-order valence-electron chi connectivity index (χ0n) is 13.9. The third-order valence-corrected chi connectivity index (χ3v) is 4.35. The lowest BCUT2D eigenvalue weighted by molar-refractivity contribution is 0.152. The Bertz CT molecular complexity index is 804. The molecule has 0 spiro atoms. The first-order valence-electron chi connectivity index (χ1n) is 8.07. The zero-order chi connectivity index (χ0) is 17.8. The maximum atomic E-state index is 13.1. The molecule has 1 aliphatic rings. The highest BCUT2D eigenvalue weighted by atomic mass is 19.1. The lowest BCUT2D eigenvalue weighted by Crippen LogP contribution is -2.46. The van der Waals surface area contributed by atoms with Gasteiger partial charge in [-0.2, -0.15) is 0 Å². The van der Waals surface area contributed by atoms with E-state index in [0.717, 1.165) is 11.1 Å². The van der Waals surface area contributed by atoms with Crippen molar-refractivity contribution in [2.75, 3.05) is 20.3 Å². The Morgan fingerprint density at radius 2 is 2.12 bits per heavy atom. The van der Waals surface area contributed by atoms with E-state index in [1.165, 1.54) is 12.1 Å². The number of aromatic amines is 1. The summed E-state index contributed by atoms with van der Waals surface area (Å²) in [6.45, 7) is 1.06. The Morgan fingerprint density at radius 1 is 1.36 bits per heavy atom. The molecule has 0 aliphatic carbocycles. The minimum atomic E-state index is -0.395. The molecule has 1 aromatic carbocycles. The number of hydrogen-bond acceptors (Lipinski definition) is 3. The van der Waals surface area contributed by atoms with Gasteiger partial charge in [0.2, 0.25) is 0 Å². The van der Waals surface area contributed by atoms with Crippen molar-refractivity contribution in [3.05, 3.63) is 69.4 Å². The smallest absolute Gasteiger partial charge is 0.318 e. The number of hydrogen-bond donors (Lipinski definition) is 2. The lowest BCUT2D eigenvalue weighted by Gasteiger charge is -2.30. The molecular weight excluding hydrogens is 325 g/mol. The second-order valence-corrected chi connectivity index (χ2v) is 5.99. The van der Waals surface area contributed by atoms with Crippen molar-refractivity contribution in [3.8, 4) is 0 Å². The first kappa shape index (κ1) is 17.2. The number of fused-ring (bicyclic) bond motifs is 1. The Morgan fingerprint density at radius 3 is 2.84 bits per heavy atom. The maximum Gasteiger partial charge on any atom is 0.318 e. The van der Waals surface area contributed by atoms with Crippen LogP contribution in [0.3, 0.4) is 0 Å². The summed E-state index contributed by atoms with van der Waals surface area (Å²) >= 11 is 0. The van der Waals surface area contributed by atoms with Crippen molar-refractivity contribution in [3.63, 3.8) is 0 Å². The van der Waals surface area contributed by atoms with Gasteiger partial charge in [0.15, 0.2) is 0 Å². The molecule has 0 saturated heterocycles. The minimum absolute atomic E-state index is 0.165. The van der Waals surface area contributed by atoms with Crippen molar-refractivity contribution in [1.29, 1.82) is 0 Å². The highest BCUT2D eigenvalue weighted by Crippen LogP contribution is 2.18. The summed E-state index contributed by atoms with van der Waals surface area (Å²) in [4.78, 5) is 28.8. The topological polar surface area (TPSA) is 74.4 Å². The molecule has 2 N–H and O–H groups in total. The van der Waals surface area contributed by atoms with Gasteiger partial charge < -0.3 is 19.9 Å². The number of carbonyl (C=O) groups excluding carboxylic acids is 1. The minimum Gasteiger partial charge on any atom is -0.382 e. The molecule has 0 saturated carbocycles. The van der Waals surface area contributed by atoms with Gasteiger partial charge in [0.05, 0.1) is 19.2 Å². The van der Waals surface area contributed by atoms with Crippen LogP contribution in [0.1, 0.15) is 22.7 Å². The van der Waals surface area contributed by atoms with Crippen molar-refractivity contribution in [2.24, 2.45) is 0 Å². The van der Waals surface area contributed by atoms with Gasteiger partial charge in [0, 0.05) is 25.4 Å². The van der Waals surface area contributed by atoms with Crippen molar-refractivity contribution in [1.82, 2.24) is 15.2 Å². The number of amides is 2. The number of aromatic nitrogens is 1. The second kappa shape index (κ2) is 7.48. The molecule has 2 amide bonds. The van der Waals surface area contributed by atoms with Crippen LogP contribution in [0.4, 0.5) is 9.18 Å². The molecule has 7 heteroatoms. The summed E-state index contributed by atoms with van der Waals surface area (Å²) in [5.41, 5.74) is 2.18.